The third-order valence-corrected chi connectivity index (χ3v) is 4.86. The molecule has 0 radical (unpaired) electrons. The van der Waals surface area contributed by atoms with Crippen molar-refractivity contribution in [3.05, 3.63) is 71.3 Å². The maximum atomic E-state index is 12.7. The maximum Gasteiger partial charge on any atom is 0.335 e. The Morgan fingerprint density at radius 3 is 2.24 bits per heavy atom. The number of carboxylic acids is 1. The predicted octanol–water partition coefficient (Wildman–Crippen LogP) is 2.45. The summed E-state index contributed by atoms with van der Waals surface area (Å²) in [5.41, 5.74) is 1.46. The standard InChI is InChI=1S/C20H21NO4/c22-14-20(12-15-4-2-1-3-5-15)10-11-21(13-20)18(23)16-6-8-17(9-7-16)19(24)25/h1-9,22H,10-14H2,(H,24,25). The zero-order valence-corrected chi connectivity index (χ0v) is 13.9. The fourth-order valence-corrected chi connectivity index (χ4v) is 3.40. The summed E-state index contributed by atoms with van der Waals surface area (Å²) in [5.74, 6) is -1.14. The minimum atomic E-state index is -1.01. The topological polar surface area (TPSA) is 77.8 Å². The first-order valence-electron chi connectivity index (χ1n) is 8.30. The Labute approximate surface area is 146 Å². The van der Waals surface area contributed by atoms with Gasteiger partial charge in [-0.25, -0.2) is 4.79 Å². The third-order valence-electron chi connectivity index (χ3n) is 4.86. The molecule has 130 valence electrons. The van der Waals surface area contributed by atoms with Crippen molar-refractivity contribution in [2.24, 2.45) is 5.41 Å². The van der Waals surface area contributed by atoms with Crippen LogP contribution in [-0.2, 0) is 6.42 Å². The van der Waals surface area contributed by atoms with Gasteiger partial charge in [0.25, 0.3) is 5.91 Å². The zero-order valence-electron chi connectivity index (χ0n) is 13.9. The number of aliphatic hydroxyl groups excluding tert-OH is 1. The van der Waals surface area contributed by atoms with Crippen LogP contribution in [-0.4, -0.2) is 46.7 Å². The number of carbonyl (C=O) groups excluding carboxylic acids is 1. The van der Waals surface area contributed by atoms with Crippen LogP contribution in [0.4, 0.5) is 0 Å². The molecular formula is C20H21NO4. The van der Waals surface area contributed by atoms with E-state index in [4.69, 9.17) is 5.11 Å². The molecule has 2 aromatic carbocycles. The fraction of sp³-hybridized carbons (Fsp3) is 0.300. The second kappa shape index (κ2) is 7.07. The molecule has 1 atom stereocenters. The van der Waals surface area contributed by atoms with Crippen molar-refractivity contribution in [2.45, 2.75) is 12.8 Å². The maximum absolute atomic E-state index is 12.7. The van der Waals surface area contributed by atoms with E-state index >= 15 is 0 Å². The largest absolute Gasteiger partial charge is 0.478 e. The summed E-state index contributed by atoms with van der Waals surface area (Å²) in [7, 11) is 0. The molecule has 1 fully saturated rings. The van der Waals surface area contributed by atoms with Gasteiger partial charge in [-0.1, -0.05) is 30.3 Å². The number of carbonyl (C=O) groups is 2. The SMILES string of the molecule is O=C(O)c1ccc(C(=O)N2CCC(CO)(Cc3ccccc3)C2)cc1. The second-order valence-corrected chi connectivity index (χ2v) is 6.68. The Bertz CT molecular complexity index is 757. The lowest BCUT2D eigenvalue weighted by atomic mass is 9.81. The number of aromatic carboxylic acids is 1. The lowest BCUT2D eigenvalue weighted by molar-refractivity contribution is 0.0693. The molecule has 1 unspecified atom stereocenters. The molecule has 1 amide bonds. The smallest absolute Gasteiger partial charge is 0.335 e. The van der Waals surface area contributed by atoms with Crippen LogP contribution in [0.2, 0.25) is 0 Å². The number of amides is 1. The Morgan fingerprint density at radius 2 is 1.64 bits per heavy atom. The van der Waals surface area contributed by atoms with Gasteiger partial charge in [0.1, 0.15) is 0 Å². The predicted molar refractivity (Wildman–Crippen MR) is 93.6 cm³/mol. The second-order valence-electron chi connectivity index (χ2n) is 6.68. The van der Waals surface area contributed by atoms with Gasteiger partial charge >= 0.3 is 5.97 Å². The van der Waals surface area contributed by atoms with E-state index in [0.29, 0.717) is 18.7 Å². The van der Waals surface area contributed by atoms with E-state index in [1.165, 1.54) is 12.1 Å². The Morgan fingerprint density at radius 1 is 1.00 bits per heavy atom. The molecule has 0 spiro atoms. The normalized spacial score (nSPS) is 19.8. The summed E-state index contributed by atoms with van der Waals surface area (Å²) in [6.45, 7) is 1.12. The van der Waals surface area contributed by atoms with Crippen molar-refractivity contribution in [2.75, 3.05) is 19.7 Å². The number of nitrogens with zero attached hydrogens (tertiary/aromatic N) is 1. The number of hydrogen-bond donors (Lipinski definition) is 2. The molecule has 25 heavy (non-hydrogen) atoms. The van der Waals surface area contributed by atoms with E-state index in [1.54, 1.807) is 17.0 Å². The van der Waals surface area contributed by atoms with Gasteiger partial charge in [0.05, 0.1) is 12.2 Å². The zero-order chi connectivity index (χ0) is 17.9. The van der Waals surface area contributed by atoms with E-state index in [9.17, 15) is 14.7 Å². The number of likely N-dealkylation sites (tertiary alicyclic amines) is 1. The molecule has 1 aliphatic rings. The van der Waals surface area contributed by atoms with E-state index in [1.807, 2.05) is 30.3 Å². The number of carboxylic acid groups (broad SMARTS) is 1. The van der Waals surface area contributed by atoms with E-state index in [0.717, 1.165) is 18.4 Å². The highest BCUT2D eigenvalue weighted by Crippen LogP contribution is 2.34. The van der Waals surface area contributed by atoms with Crippen LogP contribution < -0.4 is 0 Å². The van der Waals surface area contributed by atoms with Crippen LogP contribution in [0.5, 0.6) is 0 Å². The highest BCUT2D eigenvalue weighted by Gasteiger charge is 2.39. The van der Waals surface area contributed by atoms with Gasteiger partial charge in [-0.2, -0.15) is 0 Å². The molecule has 5 heteroatoms. The number of aliphatic hydroxyl groups is 1. The van der Waals surface area contributed by atoms with Gasteiger partial charge in [0.2, 0.25) is 0 Å². The van der Waals surface area contributed by atoms with E-state index < -0.39 is 5.97 Å². The summed E-state index contributed by atoms with van der Waals surface area (Å²) in [6.07, 6.45) is 1.48. The van der Waals surface area contributed by atoms with Gasteiger partial charge in [-0.05, 0) is 42.7 Å². The highest BCUT2D eigenvalue weighted by atomic mass is 16.4. The average Bonchev–Trinajstić information content (AvgIpc) is 3.06. The van der Waals surface area contributed by atoms with Crippen molar-refractivity contribution < 1.29 is 19.8 Å². The molecule has 0 saturated carbocycles. The molecule has 0 aliphatic carbocycles. The molecule has 1 heterocycles. The Kier molecular flexibility index (Phi) is 4.86. The van der Waals surface area contributed by atoms with Crippen LogP contribution in [0, 0.1) is 5.41 Å². The number of hydrogen-bond acceptors (Lipinski definition) is 3. The summed E-state index contributed by atoms with van der Waals surface area (Å²) in [6, 6.07) is 15.9. The van der Waals surface area contributed by atoms with Crippen LogP contribution in [0.15, 0.2) is 54.6 Å². The van der Waals surface area contributed by atoms with Gasteiger partial charge in [-0.3, -0.25) is 4.79 Å². The van der Waals surface area contributed by atoms with Gasteiger partial charge in [0.15, 0.2) is 0 Å². The lowest BCUT2D eigenvalue weighted by Gasteiger charge is -2.27. The van der Waals surface area contributed by atoms with Gasteiger partial charge in [-0.15, -0.1) is 0 Å². The first kappa shape index (κ1) is 17.2. The van der Waals surface area contributed by atoms with E-state index in [2.05, 4.69) is 0 Å². The quantitative estimate of drug-likeness (QED) is 0.877. The Hall–Kier alpha value is -2.66. The molecule has 5 nitrogen and oxygen atoms in total. The summed E-state index contributed by atoms with van der Waals surface area (Å²) >= 11 is 0. The van der Waals surface area contributed by atoms with Crippen LogP contribution >= 0.6 is 0 Å². The Balaban J connectivity index is 1.72. The van der Waals surface area contributed by atoms with Crippen molar-refractivity contribution >= 4 is 11.9 Å². The van der Waals surface area contributed by atoms with Gasteiger partial charge in [0, 0.05) is 24.1 Å². The fourth-order valence-electron chi connectivity index (χ4n) is 3.40. The molecule has 0 aromatic heterocycles. The molecule has 1 saturated heterocycles. The molecule has 0 bridgehead atoms. The van der Waals surface area contributed by atoms with Crippen molar-refractivity contribution in [1.82, 2.24) is 4.90 Å². The minimum absolute atomic E-state index is 0.0314. The molecule has 2 N–H and O–H groups in total. The van der Waals surface area contributed by atoms with Gasteiger partial charge < -0.3 is 15.1 Å². The summed E-state index contributed by atoms with van der Waals surface area (Å²) < 4.78 is 0. The monoisotopic (exact) mass is 339 g/mol. The first-order chi connectivity index (χ1) is 12.0. The minimum Gasteiger partial charge on any atom is -0.478 e. The molecule has 2 aromatic rings. The third kappa shape index (κ3) is 3.72. The first-order valence-corrected chi connectivity index (χ1v) is 8.30. The lowest BCUT2D eigenvalue weighted by Crippen LogP contribution is -2.35. The number of benzene rings is 2. The average molecular weight is 339 g/mol. The van der Waals surface area contributed by atoms with Crippen molar-refractivity contribution in [3.63, 3.8) is 0 Å². The van der Waals surface area contributed by atoms with E-state index in [-0.39, 0.29) is 23.5 Å². The molecular weight excluding hydrogens is 318 g/mol. The van der Waals surface area contributed by atoms with Crippen LogP contribution in [0.25, 0.3) is 0 Å². The number of rotatable bonds is 5. The van der Waals surface area contributed by atoms with Crippen molar-refractivity contribution in [3.8, 4) is 0 Å². The summed E-state index contributed by atoms with van der Waals surface area (Å²) in [5, 5.41) is 18.9. The molecule has 1 aliphatic heterocycles. The van der Waals surface area contributed by atoms with Crippen LogP contribution in [0.3, 0.4) is 0 Å². The molecule has 3 rings (SSSR count). The highest BCUT2D eigenvalue weighted by molar-refractivity contribution is 5.96. The summed E-state index contributed by atoms with van der Waals surface area (Å²) in [4.78, 5) is 25.3. The van der Waals surface area contributed by atoms with Crippen LogP contribution in [0.1, 0.15) is 32.7 Å². The van der Waals surface area contributed by atoms with Crippen molar-refractivity contribution in [1.29, 1.82) is 0 Å².